The molecule has 2 fully saturated rings. The number of hydrogen-bond donors (Lipinski definition) is 1. The summed E-state index contributed by atoms with van der Waals surface area (Å²) in [6.07, 6.45) is 6.57. The predicted molar refractivity (Wildman–Crippen MR) is 71.7 cm³/mol. The standard InChI is InChI=1S/C14H26N2O2/c1-2-8-15-10-6-12(7-11-15)16-9-4-3-5-13(16)14(17)18/h12-13H,2-11H2,1H3,(H,17,18). The number of carboxylic acids is 1. The van der Waals surface area contributed by atoms with Gasteiger partial charge in [-0.3, -0.25) is 9.69 Å². The largest absolute Gasteiger partial charge is 0.480 e. The quantitative estimate of drug-likeness (QED) is 0.831. The number of aliphatic carboxylic acids is 1. The van der Waals surface area contributed by atoms with Crippen molar-refractivity contribution >= 4 is 5.97 Å². The Morgan fingerprint density at radius 3 is 2.50 bits per heavy atom. The lowest BCUT2D eigenvalue weighted by atomic mass is 9.95. The molecule has 0 radical (unpaired) electrons. The fourth-order valence-corrected chi connectivity index (χ4v) is 3.45. The second-order valence-corrected chi connectivity index (χ2v) is 5.66. The molecular formula is C14H26N2O2. The Morgan fingerprint density at radius 2 is 1.89 bits per heavy atom. The van der Waals surface area contributed by atoms with Crippen molar-refractivity contribution in [3.8, 4) is 0 Å². The van der Waals surface area contributed by atoms with E-state index in [4.69, 9.17) is 0 Å². The van der Waals surface area contributed by atoms with Gasteiger partial charge in [0.05, 0.1) is 0 Å². The summed E-state index contributed by atoms with van der Waals surface area (Å²) < 4.78 is 0. The lowest BCUT2D eigenvalue weighted by Crippen LogP contribution is -2.53. The van der Waals surface area contributed by atoms with Gasteiger partial charge in [-0.25, -0.2) is 0 Å². The van der Waals surface area contributed by atoms with E-state index in [1.165, 1.54) is 19.4 Å². The van der Waals surface area contributed by atoms with Crippen LogP contribution in [0.15, 0.2) is 0 Å². The van der Waals surface area contributed by atoms with Crippen LogP contribution in [-0.4, -0.2) is 59.1 Å². The van der Waals surface area contributed by atoms with Crippen LogP contribution in [0.5, 0.6) is 0 Å². The van der Waals surface area contributed by atoms with Crippen LogP contribution in [0.4, 0.5) is 0 Å². The van der Waals surface area contributed by atoms with Crippen molar-refractivity contribution in [3.63, 3.8) is 0 Å². The Labute approximate surface area is 110 Å². The molecule has 4 heteroatoms. The second-order valence-electron chi connectivity index (χ2n) is 5.66. The summed E-state index contributed by atoms with van der Waals surface area (Å²) in [6, 6.07) is 0.279. The zero-order chi connectivity index (χ0) is 13.0. The van der Waals surface area contributed by atoms with E-state index in [1.54, 1.807) is 0 Å². The van der Waals surface area contributed by atoms with Crippen molar-refractivity contribution in [3.05, 3.63) is 0 Å². The van der Waals surface area contributed by atoms with Crippen LogP contribution in [0.25, 0.3) is 0 Å². The number of carbonyl (C=O) groups is 1. The second kappa shape index (κ2) is 6.53. The maximum absolute atomic E-state index is 11.3. The van der Waals surface area contributed by atoms with E-state index < -0.39 is 5.97 Å². The molecule has 2 saturated heterocycles. The highest BCUT2D eigenvalue weighted by atomic mass is 16.4. The molecule has 0 aromatic carbocycles. The zero-order valence-corrected chi connectivity index (χ0v) is 11.5. The average molecular weight is 254 g/mol. The van der Waals surface area contributed by atoms with Gasteiger partial charge in [-0.05, 0) is 58.3 Å². The SMILES string of the molecule is CCCN1CCC(N2CCCCC2C(=O)O)CC1. The molecule has 0 saturated carbocycles. The van der Waals surface area contributed by atoms with Crippen molar-refractivity contribution in [1.29, 1.82) is 0 Å². The Morgan fingerprint density at radius 1 is 1.17 bits per heavy atom. The number of piperidine rings is 2. The van der Waals surface area contributed by atoms with E-state index in [0.29, 0.717) is 6.04 Å². The monoisotopic (exact) mass is 254 g/mol. The molecule has 0 aromatic rings. The van der Waals surface area contributed by atoms with Crippen molar-refractivity contribution in [1.82, 2.24) is 9.80 Å². The van der Waals surface area contributed by atoms with Crippen LogP contribution < -0.4 is 0 Å². The molecule has 0 aromatic heterocycles. The summed E-state index contributed by atoms with van der Waals surface area (Å²) in [5, 5.41) is 9.32. The molecule has 2 heterocycles. The number of carboxylic acid groups (broad SMARTS) is 1. The van der Waals surface area contributed by atoms with Crippen LogP contribution >= 0.6 is 0 Å². The first-order valence-electron chi connectivity index (χ1n) is 7.43. The number of hydrogen-bond acceptors (Lipinski definition) is 3. The maximum atomic E-state index is 11.3. The van der Waals surface area contributed by atoms with Crippen LogP contribution in [-0.2, 0) is 4.79 Å². The highest BCUT2D eigenvalue weighted by Crippen LogP contribution is 2.25. The fraction of sp³-hybridized carbons (Fsp3) is 0.929. The molecular weight excluding hydrogens is 228 g/mol. The normalized spacial score (nSPS) is 28.4. The third-order valence-corrected chi connectivity index (χ3v) is 4.40. The van der Waals surface area contributed by atoms with E-state index >= 15 is 0 Å². The summed E-state index contributed by atoms with van der Waals surface area (Å²) >= 11 is 0. The molecule has 4 nitrogen and oxygen atoms in total. The Kier molecular flexibility index (Phi) is 5.01. The van der Waals surface area contributed by atoms with Gasteiger partial charge in [-0.2, -0.15) is 0 Å². The summed E-state index contributed by atoms with van der Waals surface area (Å²) in [4.78, 5) is 16.1. The summed E-state index contributed by atoms with van der Waals surface area (Å²) in [7, 11) is 0. The van der Waals surface area contributed by atoms with E-state index in [0.717, 1.165) is 45.3 Å². The topological polar surface area (TPSA) is 43.8 Å². The molecule has 104 valence electrons. The molecule has 1 atom stereocenters. The van der Waals surface area contributed by atoms with Gasteiger partial charge in [0.25, 0.3) is 0 Å². The van der Waals surface area contributed by atoms with Gasteiger partial charge in [-0.15, -0.1) is 0 Å². The Balaban J connectivity index is 1.88. The first-order valence-corrected chi connectivity index (χ1v) is 7.43. The van der Waals surface area contributed by atoms with Crippen molar-refractivity contribution in [2.75, 3.05) is 26.2 Å². The van der Waals surface area contributed by atoms with Crippen LogP contribution in [0.3, 0.4) is 0 Å². The van der Waals surface area contributed by atoms with E-state index in [-0.39, 0.29) is 6.04 Å². The molecule has 2 rings (SSSR count). The van der Waals surface area contributed by atoms with Gasteiger partial charge in [-0.1, -0.05) is 13.3 Å². The number of likely N-dealkylation sites (tertiary alicyclic amines) is 2. The van der Waals surface area contributed by atoms with E-state index in [9.17, 15) is 9.90 Å². The Hall–Kier alpha value is -0.610. The first kappa shape index (κ1) is 13.8. The molecule has 2 aliphatic heterocycles. The maximum Gasteiger partial charge on any atom is 0.320 e. The lowest BCUT2D eigenvalue weighted by molar-refractivity contribution is -0.146. The molecule has 0 spiro atoms. The van der Waals surface area contributed by atoms with E-state index in [1.807, 2.05) is 0 Å². The fourth-order valence-electron chi connectivity index (χ4n) is 3.45. The number of rotatable bonds is 4. The smallest absolute Gasteiger partial charge is 0.320 e. The van der Waals surface area contributed by atoms with Gasteiger partial charge in [0.1, 0.15) is 6.04 Å². The van der Waals surface area contributed by atoms with Crippen LogP contribution in [0, 0.1) is 0 Å². The average Bonchev–Trinajstić information content (AvgIpc) is 2.40. The highest BCUT2D eigenvalue weighted by Gasteiger charge is 2.34. The Bertz CT molecular complexity index is 275. The third-order valence-electron chi connectivity index (χ3n) is 4.40. The van der Waals surface area contributed by atoms with Crippen LogP contribution in [0.1, 0.15) is 45.4 Å². The lowest BCUT2D eigenvalue weighted by Gasteiger charge is -2.43. The minimum atomic E-state index is -0.620. The van der Waals surface area contributed by atoms with Crippen LogP contribution in [0.2, 0.25) is 0 Å². The van der Waals surface area contributed by atoms with Gasteiger partial charge >= 0.3 is 5.97 Å². The first-order chi connectivity index (χ1) is 8.72. The molecule has 18 heavy (non-hydrogen) atoms. The summed E-state index contributed by atoms with van der Waals surface area (Å²) in [6.45, 7) is 6.67. The van der Waals surface area contributed by atoms with Gasteiger partial charge in [0, 0.05) is 6.04 Å². The molecule has 0 bridgehead atoms. The zero-order valence-electron chi connectivity index (χ0n) is 11.5. The number of nitrogens with zero attached hydrogens (tertiary/aromatic N) is 2. The van der Waals surface area contributed by atoms with Gasteiger partial charge in [0.2, 0.25) is 0 Å². The predicted octanol–water partition coefficient (Wildman–Crippen LogP) is 1.80. The van der Waals surface area contributed by atoms with Gasteiger partial charge < -0.3 is 10.0 Å². The molecule has 1 N–H and O–H groups in total. The van der Waals surface area contributed by atoms with Gasteiger partial charge in [0.15, 0.2) is 0 Å². The minimum Gasteiger partial charge on any atom is -0.480 e. The molecule has 1 unspecified atom stereocenters. The van der Waals surface area contributed by atoms with Crippen molar-refractivity contribution in [2.45, 2.75) is 57.5 Å². The van der Waals surface area contributed by atoms with Crippen molar-refractivity contribution < 1.29 is 9.90 Å². The molecule has 0 amide bonds. The summed E-state index contributed by atoms with van der Waals surface area (Å²) in [5.74, 6) is -0.620. The van der Waals surface area contributed by atoms with Crippen molar-refractivity contribution in [2.24, 2.45) is 0 Å². The third kappa shape index (κ3) is 3.23. The molecule has 0 aliphatic carbocycles. The summed E-state index contributed by atoms with van der Waals surface area (Å²) in [5.41, 5.74) is 0. The molecule has 2 aliphatic rings. The van der Waals surface area contributed by atoms with E-state index in [2.05, 4.69) is 16.7 Å². The highest BCUT2D eigenvalue weighted by molar-refractivity contribution is 5.73. The minimum absolute atomic E-state index is 0.221.